The number of hydrogen-bond acceptors (Lipinski definition) is 4. The van der Waals surface area contributed by atoms with Crippen molar-refractivity contribution in [2.75, 3.05) is 20.2 Å². The molecular weight excluding hydrogens is 338 g/mol. The SMILES string of the molecule is COc1ccc(CC(=O)N2CCC(c3ccc4cccnc4n3)CC2)cc1. The number of piperidine rings is 1. The van der Waals surface area contributed by atoms with Crippen molar-refractivity contribution >= 4 is 16.9 Å². The van der Waals surface area contributed by atoms with E-state index >= 15 is 0 Å². The van der Waals surface area contributed by atoms with E-state index in [1.54, 1.807) is 13.3 Å². The summed E-state index contributed by atoms with van der Waals surface area (Å²) in [6.07, 6.45) is 4.10. The second-order valence-corrected chi connectivity index (χ2v) is 6.97. The number of ether oxygens (including phenoxy) is 1. The quantitative estimate of drug-likeness (QED) is 0.713. The van der Waals surface area contributed by atoms with E-state index in [2.05, 4.69) is 17.1 Å². The zero-order valence-electron chi connectivity index (χ0n) is 15.5. The Kier molecular flexibility index (Phi) is 5.01. The molecule has 0 atom stereocenters. The molecule has 27 heavy (non-hydrogen) atoms. The Bertz CT molecular complexity index is 932. The normalized spacial score (nSPS) is 15.1. The zero-order valence-corrected chi connectivity index (χ0v) is 15.5. The number of aromatic nitrogens is 2. The summed E-state index contributed by atoms with van der Waals surface area (Å²) in [5.74, 6) is 1.39. The van der Waals surface area contributed by atoms with Crippen molar-refractivity contribution < 1.29 is 9.53 Å². The van der Waals surface area contributed by atoms with Gasteiger partial charge in [0.05, 0.1) is 13.5 Å². The molecule has 138 valence electrons. The molecule has 0 N–H and O–H groups in total. The molecule has 0 bridgehead atoms. The molecule has 1 fully saturated rings. The van der Waals surface area contributed by atoms with E-state index in [1.165, 1.54) is 0 Å². The Morgan fingerprint density at radius 3 is 2.63 bits per heavy atom. The fourth-order valence-corrected chi connectivity index (χ4v) is 3.65. The molecule has 5 nitrogen and oxygen atoms in total. The van der Waals surface area contributed by atoms with Gasteiger partial charge in [0.2, 0.25) is 5.91 Å². The van der Waals surface area contributed by atoms with Crippen LogP contribution in [0.4, 0.5) is 0 Å². The van der Waals surface area contributed by atoms with Gasteiger partial charge in [0.15, 0.2) is 5.65 Å². The van der Waals surface area contributed by atoms with Gasteiger partial charge in [0.25, 0.3) is 0 Å². The van der Waals surface area contributed by atoms with E-state index in [1.807, 2.05) is 41.3 Å². The number of hydrogen-bond donors (Lipinski definition) is 0. The number of nitrogens with zero attached hydrogens (tertiary/aromatic N) is 3. The zero-order chi connectivity index (χ0) is 18.6. The van der Waals surface area contributed by atoms with Gasteiger partial charge in [0.1, 0.15) is 5.75 Å². The first-order chi connectivity index (χ1) is 13.2. The van der Waals surface area contributed by atoms with Crippen molar-refractivity contribution in [1.29, 1.82) is 0 Å². The van der Waals surface area contributed by atoms with Crippen LogP contribution in [0.25, 0.3) is 11.0 Å². The Hall–Kier alpha value is -2.95. The van der Waals surface area contributed by atoms with Crippen LogP contribution in [-0.4, -0.2) is 41.0 Å². The number of fused-ring (bicyclic) bond motifs is 1. The average molecular weight is 361 g/mol. The Morgan fingerprint density at radius 1 is 1.11 bits per heavy atom. The fraction of sp³-hybridized carbons (Fsp3) is 0.318. The Balaban J connectivity index is 1.36. The minimum atomic E-state index is 0.187. The molecule has 1 aliphatic rings. The maximum Gasteiger partial charge on any atom is 0.226 e. The van der Waals surface area contributed by atoms with Crippen LogP contribution < -0.4 is 4.74 Å². The molecule has 4 rings (SSSR count). The van der Waals surface area contributed by atoms with Gasteiger partial charge in [-0.25, -0.2) is 9.97 Å². The highest BCUT2D eigenvalue weighted by atomic mass is 16.5. The Morgan fingerprint density at radius 2 is 1.89 bits per heavy atom. The minimum Gasteiger partial charge on any atom is -0.497 e. The van der Waals surface area contributed by atoms with Gasteiger partial charge < -0.3 is 9.64 Å². The predicted molar refractivity (Wildman–Crippen MR) is 105 cm³/mol. The summed E-state index contributed by atoms with van der Waals surface area (Å²) in [5.41, 5.74) is 2.90. The summed E-state index contributed by atoms with van der Waals surface area (Å²) in [6, 6.07) is 15.8. The number of amides is 1. The maximum atomic E-state index is 12.6. The molecule has 1 aromatic carbocycles. The van der Waals surface area contributed by atoms with Crippen molar-refractivity contribution in [1.82, 2.24) is 14.9 Å². The van der Waals surface area contributed by atoms with E-state index < -0.39 is 0 Å². The molecule has 3 heterocycles. The van der Waals surface area contributed by atoms with Crippen LogP contribution in [-0.2, 0) is 11.2 Å². The molecule has 0 aliphatic carbocycles. The van der Waals surface area contributed by atoms with E-state index in [-0.39, 0.29) is 5.91 Å². The van der Waals surface area contributed by atoms with Crippen LogP contribution in [0.2, 0.25) is 0 Å². The summed E-state index contributed by atoms with van der Waals surface area (Å²) in [4.78, 5) is 23.7. The molecule has 0 radical (unpaired) electrons. The lowest BCUT2D eigenvalue weighted by molar-refractivity contribution is -0.131. The van der Waals surface area contributed by atoms with Crippen LogP contribution in [0, 0.1) is 0 Å². The minimum absolute atomic E-state index is 0.187. The third-order valence-corrected chi connectivity index (χ3v) is 5.27. The molecule has 1 amide bonds. The van der Waals surface area contributed by atoms with Gasteiger partial charge in [-0.05, 0) is 54.8 Å². The molecule has 1 saturated heterocycles. The monoisotopic (exact) mass is 361 g/mol. The number of carbonyl (C=O) groups is 1. The Labute approximate surface area is 159 Å². The molecule has 1 aliphatic heterocycles. The van der Waals surface area contributed by atoms with Gasteiger partial charge >= 0.3 is 0 Å². The second kappa shape index (κ2) is 7.74. The number of carbonyl (C=O) groups excluding carboxylic acids is 1. The topological polar surface area (TPSA) is 55.3 Å². The number of pyridine rings is 2. The summed E-state index contributed by atoms with van der Waals surface area (Å²) in [6.45, 7) is 1.56. The van der Waals surface area contributed by atoms with Crippen LogP contribution >= 0.6 is 0 Å². The number of benzene rings is 1. The molecular formula is C22H23N3O2. The summed E-state index contributed by atoms with van der Waals surface area (Å²) in [7, 11) is 1.64. The van der Waals surface area contributed by atoms with Gasteiger partial charge in [-0.3, -0.25) is 4.79 Å². The van der Waals surface area contributed by atoms with E-state index in [0.717, 1.165) is 54.0 Å². The third-order valence-electron chi connectivity index (χ3n) is 5.27. The fourth-order valence-electron chi connectivity index (χ4n) is 3.65. The van der Waals surface area contributed by atoms with E-state index in [0.29, 0.717) is 12.3 Å². The average Bonchev–Trinajstić information content (AvgIpc) is 2.74. The lowest BCUT2D eigenvalue weighted by atomic mass is 9.92. The standard InChI is InChI=1S/C22H23N3O2/c1-27-19-7-4-16(5-8-19)15-21(26)25-13-10-17(11-14-25)20-9-6-18-3-2-12-23-22(18)24-20/h2-9,12,17H,10-11,13-15H2,1H3. The van der Waals surface area contributed by atoms with Crippen LogP contribution in [0.3, 0.4) is 0 Å². The van der Waals surface area contributed by atoms with E-state index in [4.69, 9.17) is 9.72 Å². The van der Waals surface area contributed by atoms with Crippen molar-refractivity contribution in [3.05, 3.63) is 66.0 Å². The number of methoxy groups -OCH3 is 1. The van der Waals surface area contributed by atoms with Crippen LogP contribution in [0.1, 0.15) is 30.0 Å². The maximum absolute atomic E-state index is 12.6. The van der Waals surface area contributed by atoms with E-state index in [9.17, 15) is 4.79 Å². The van der Waals surface area contributed by atoms with Crippen molar-refractivity contribution in [3.8, 4) is 5.75 Å². The lowest BCUT2D eigenvalue weighted by Gasteiger charge is -2.32. The van der Waals surface area contributed by atoms with Gasteiger partial charge in [-0.1, -0.05) is 12.1 Å². The van der Waals surface area contributed by atoms with Crippen molar-refractivity contribution in [3.63, 3.8) is 0 Å². The number of likely N-dealkylation sites (tertiary alicyclic amines) is 1. The van der Waals surface area contributed by atoms with Crippen molar-refractivity contribution in [2.24, 2.45) is 0 Å². The molecule has 5 heteroatoms. The predicted octanol–water partition coefficient (Wildman–Crippen LogP) is 3.59. The van der Waals surface area contributed by atoms with Crippen LogP contribution in [0.5, 0.6) is 5.75 Å². The molecule has 0 spiro atoms. The number of rotatable bonds is 4. The van der Waals surface area contributed by atoms with Gasteiger partial charge in [0, 0.05) is 36.3 Å². The second-order valence-electron chi connectivity index (χ2n) is 6.97. The molecule has 2 aromatic heterocycles. The molecule has 0 unspecified atom stereocenters. The van der Waals surface area contributed by atoms with Crippen molar-refractivity contribution in [2.45, 2.75) is 25.2 Å². The summed E-state index contributed by atoms with van der Waals surface area (Å²) in [5, 5.41) is 1.06. The van der Waals surface area contributed by atoms with Crippen LogP contribution in [0.15, 0.2) is 54.7 Å². The highest BCUT2D eigenvalue weighted by Crippen LogP contribution is 2.28. The van der Waals surface area contributed by atoms with Gasteiger partial charge in [-0.15, -0.1) is 0 Å². The smallest absolute Gasteiger partial charge is 0.226 e. The first-order valence-corrected chi connectivity index (χ1v) is 9.35. The summed E-state index contributed by atoms with van der Waals surface area (Å²) >= 11 is 0. The van der Waals surface area contributed by atoms with Gasteiger partial charge in [-0.2, -0.15) is 0 Å². The lowest BCUT2D eigenvalue weighted by Crippen LogP contribution is -2.38. The molecule has 3 aromatic rings. The third kappa shape index (κ3) is 3.92. The first kappa shape index (κ1) is 17.5. The summed E-state index contributed by atoms with van der Waals surface area (Å²) < 4.78 is 5.17. The highest BCUT2D eigenvalue weighted by Gasteiger charge is 2.24. The first-order valence-electron chi connectivity index (χ1n) is 9.35. The highest BCUT2D eigenvalue weighted by molar-refractivity contribution is 5.79. The largest absolute Gasteiger partial charge is 0.497 e. The molecule has 0 saturated carbocycles.